The van der Waals surface area contributed by atoms with Crippen LogP contribution in [0, 0.1) is 13.8 Å². The number of rotatable bonds is 12. The van der Waals surface area contributed by atoms with Crippen molar-refractivity contribution >= 4 is 50.7 Å². The Morgan fingerprint density at radius 2 is 1.51 bits per heavy atom. The van der Waals surface area contributed by atoms with Gasteiger partial charge in [-0.15, -0.1) is 0 Å². The molecule has 0 spiro atoms. The van der Waals surface area contributed by atoms with Crippen molar-refractivity contribution in [1.82, 2.24) is 10.2 Å². The van der Waals surface area contributed by atoms with Crippen molar-refractivity contribution < 1.29 is 18.0 Å². The van der Waals surface area contributed by atoms with Crippen LogP contribution in [-0.2, 0) is 32.6 Å². The minimum atomic E-state index is -4.18. The summed E-state index contributed by atoms with van der Waals surface area (Å²) in [4.78, 5) is 30.3. The van der Waals surface area contributed by atoms with Gasteiger partial charge in [-0.3, -0.25) is 13.9 Å². The summed E-state index contributed by atoms with van der Waals surface area (Å²) in [6.45, 7) is 3.27. The van der Waals surface area contributed by atoms with Crippen LogP contribution in [0.5, 0.6) is 0 Å². The van der Waals surface area contributed by atoms with E-state index in [4.69, 9.17) is 23.2 Å². The van der Waals surface area contributed by atoms with Gasteiger partial charge in [0.05, 0.1) is 10.6 Å². The maximum Gasteiger partial charge on any atom is 0.264 e. The second-order valence-electron chi connectivity index (χ2n) is 12.0. The molecule has 4 aromatic rings. The first-order valence-corrected chi connectivity index (χ1v) is 18.0. The zero-order valence-electron chi connectivity index (χ0n) is 26.5. The summed E-state index contributed by atoms with van der Waals surface area (Å²) in [6.07, 6.45) is 4.03. The van der Waals surface area contributed by atoms with Crippen molar-refractivity contribution in [2.45, 2.75) is 69.5 Å². The lowest BCUT2D eigenvalue weighted by Gasteiger charge is -2.34. The molecule has 5 rings (SSSR count). The summed E-state index contributed by atoms with van der Waals surface area (Å²) in [7, 11) is -4.18. The molecule has 0 aromatic heterocycles. The number of carbonyl (C=O) groups excluding carboxylic acids is 2. The fourth-order valence-electron chi connectivity index (χ4n) is 5.88. The Hall–Kier alpha value is -3.85. The lowest BCUT2D eigenvalue weighted by molar-refractivity contribution is -0.140. The zero-order chi connectivity index (χ0) is 33.6. The first-order chi connectivity index (χ1) is 22.5. The van der Waals surface area contributed by atoms with Gasteiger partial charge in [0.15, 0.2) is 0 Å². The predicted molar refractivity (Wildman–Crippen MR) is 188 cm³/mol. The van der Waals surface area contributed by atoms with Crippen LogP contribution >= 0.6 is 23.2 Å². The summed E-state index contributed by atoms with van der Waals surface area (Å²) >= 11 is 12.8. The van der Waals surface area contributed by atoms with E-state index in [1.807, 2.05) is 50.2 Å². The van der Waals surface area contributed by atoms with Crippen LogP contribution in [0.4, 0.5) is 5.69 Å². The van der Waals surface area contributed by atoms with Gasteiger partial charge in [-0.2, -0.15) is 0 Å². The van der Waals surface area contributed by atoms with E-state index in [1.165, 1.54) is 17.0 Å². The van der Waals surface area contributed by atoms with E-state index >= 15 is 0 Å². The smallest absolute Gasteiger partial charge is 0.264 e. The molecule has 246 valence electrons. The van der Waals surface area contributed by atoms with Crippen molar-refractivity contribution in [2.24, 2.45) is 0 Å². The van der Waals surface area contributed by atoms with Crippen LogP contribution < -0.4 is 9.62 Å². The maximum atomic E-state index is 14.7. The van der Waals surface area contributed by atoms with E-state index in [1.54, 1.807) is 48.5 Å². The number of nitrogens with zero attached hydrogens (tertiary/aromatic N) is 2. The van der Waals surface area contributed by atoms with Crippen LogP contribution in [0.15, 0.2) is 102 Å². The third kappa shape index (κ3) is 8.55. The first kappa shape index (κ1) is 34.5. The quantitative estimate of drug-likeness (QED) is 0.167. The number of anilines is 1. The highest BCUT2D eigenvalue weighted by molar-refractivity contribution is 7.92. The highest BCUT2D eigenvalue weighted by atomic mass is 35.5. The molecule has 0 unspecified atom stereocenters. The molecule has 0 bridgehead atoms. The van der Waals surface area contributed by atoms with Crippen molar-refractivity contribution in [3.63, 3.8) is 0 Å². The van der Waals surface area contributed by atoms with Gasteiger partial charge < -0.3 is 10.2 Å². The van der Waals surface area contributed by atoms with Crippen molar-refractivity contribution in [3.05, 3.63) is 129 Å². The third-order valence-corrected chi connectivity index (χ3v) is 11.1. The Morgan fingerprint density at radius 3 is 2.15 bits per heavy atom. The number of aryl methyl sites for hydroxylation is 2. The molecule has 1 aliphatic carbocycles. The fourth-order valence-corrected chi connectivity index (χ4v) is 7.78. The van der Waals surface area contributed by atoms with Crippen molar-refractivity contribution in [1.29, 1.82) is 0 Å². The largest absolute Gasteiger partial charge is 0.352 e. The number of amides is 2. The fraction of sp³-hybridized carbons (Fsp3) is 0.297. The Kier molecular flexibility index (Phi) is 11.3. The minimum absolute atomic E-state index is 0.0161. The molecular weight excluding hydrogens is 653 g/mol. The lowest BCUT2D eigenvalue weighted by atomic mass is 10.0. The maximum absolute atomic E-state index is 14.7. The van der Waals surface area contributed by atoms with E-state index in [9.17, 15) is 18.0 Å². The number of halogens is 2. The van der Waals surface area contributed by atoms with Gasteiger partial charge >= 0.3 is 0 Å². The van der Waals surface area contributed by atoms with Crippen LogP contribution in [0.25, 0.3) is 0 Å². The van der Waals surface area contributed by atoms with Crippen LogP contribution in [0.1, 0.15) is 47.9 Å². The van der Waals surface area contributed by atoms with E-state index in [0.29, 0.717) is 21.3 Å². The molecule has 0 radical (unpaired) electrons. The molecule has 1 atom stereocenters. The van der Waals surface area contributed by atoms with Crippen LogP contribution in [0.2, 0.25) is 10.0 Å². The van der Waals surface area contributed by atoms with Crippen LogP contribution in [0.3, 0.4) is 0 Å². The van der Waals surface area contributed by atoms with Gasteiger partial charge in [0, 0.05) is 29.1 Å². The standard InChI is InChI=1S/C37H39Cl2N3O4S/c1-26-17-20-32(21-27(26)2)42(47(45,46)33-15-7-4-8-16-33)25-36(43)41(24-29-18-19-30(38)23-34(29)39)35(22-28-11-5-3-6-12-28)37(44)40-31-13-9-10-14-31/h3-8,11-12,15-21,23,31,35H,9-10,13-14,22,24-25H2,1-2H3,(H,40,44)/t35-/m0/s1. The lowest BCUT2D eigenvalue weighted by Crippen LogP contribution is -2.54. The summed E-state index contributed by atoms with van der Waals surface area (Å²) in [5, 5.41) is 3.96. The molecule has 1 N–H and O–H groups in total. The molecule has 0 aliphatic heterocycles. The Bertz CT molecular complexity index is 1810. The van der Waals surface area contributed by atoms with E-state index in [-0.39, 0.29) is 29.8 Å². The zero-order valence-corrected chi connectivity index (χ0v) is 28.9. The van der Waals surface area contributed by atoms with E-state index in [2.05, 4.69) is 5.32 Å². The Labute approximate surface area is 287 Å². The molecule has 0 heterocycles. The summed E-state index contributed by atoms with van der Waals surface area (Å²) < 4.78 is 29.5. The van der Waals surface area contributed by atoms with Crippen LogP contribution in [-0.4, -0.2) is 43.8 Å². The van der Waals surface area contributed by atoms with Gasteiger partial charge in [-0.05, 0) is 85.3 Å². The molecule has 47 heavy (non-hydrogen) atoms. The SMILES string of the molecule is Cc1ccc(N(CC(=O)N(Cc2ccc(Cl)cc2Cl)[C@@H](Cc2ccccc2)C(=O)NC2CCCC2)S(=O)(=O)c2ccccc2)cc1C. The molecule has 2 amide bonds. The van der Waals surface area contributed by atoms with E-state index in [0.717, 1.165) is 46.7 Å². The molecule has 4 aromatic carbocycles. The number of nitrogens with one attached hydrogen (secondary N) is 1. The van der Waals surface area contributed by atoms with Gasteiger partial charge in [-0.1, -0.05) is 96.7 Å². The average molecular weight is 693 g/mol. The number of hydrogen-bond acceptors (Lipinski definition) is 4. The van der Waals surface area contributed by atoms with Gasteiger partial charge in [0.2, 0.25) is 11.8 Å². The Morgan fingerprint density at radius 1 is 0.851 bits per heavy atom. The summed E-state index contributed by atoms with van der Waals surface area (Å²) in [5.74, 6) is -0.834. The molecule has 0 saturated heterocycles. The van der Waals surface area contributed by atoms with Gasteiger partial charge in [0.25, 0.3) is 10.0 Å². The van der Waals surface area contributed by atoms with Gasteiger partial charge in [-0.25, -0.2) is 8.42 Å². The molecular formula is C37H39Cl2N3O4S. The highest BCUT2D eigenvalue weighted by Crippen LogP contribution is 2.29. The molecule has 1 fully saturated rings. The average Bonchev–Trinajstić information content (AvgIpc) is 3.57. The molecule has 1 aliphatic rings. The second kappa shape index (κ2) is 15.4. The molecule has 10 heteroatoms. The van der Waals surface area contributed by atoms with Crippen molar-refractivity contribution in [3.8, 4) is 0 Å². The Balaban J connectivity index is 1.59. The number of hydrogen-bond donors (Lipinski definition) is 1. The normalized spacial score (nSPS) is 14.0. The molecule has 7 nitrogen and oxygen atoms in total. The van der Waals surface area contributed by atoms with E-state index < -0.39 is 28.5 Å². The highest BCUT2D eigenvalue weighted by Gasteiger charge is 2.36. The topological polar surface area (TPSA) is 86.8 Å². The van der Waals surface area contributed by atoms with Crippen molar-refractivity contribution in [2.75, 3.05) is 10.8 Å². The second-order valence-corrected chi connectivity index (χ2v) is 14.8. The monoisotopic (exact) mass is 691 g/mol. The van der Waals surface area contributed by atoms with Gasteiger partial charge in [0.1, 0.15) is 12.6 Å². The summed E-state index contributed by atoms with van der Waals surface area (Å²) in [6, 6.07) is 26.9. The first-order valence-electron chi connectivity index (χ1n) is 15.8. The number of carbonyl (C=O) groups is 2. The third-order valence-electron chi connectivity index (χ3n) is 8.72. The number of sulfonamides is 1. The predicted octanol–water partition coefficient (Wildman–Crippen LogP) is 7.50. The molecule has 1 saturated carbocycles. The minimum Gasteiger partial charge on any atom is -0.352 e. The summed E-state index contributed by atoms with van der Waals surface area (Å²) in [5.41, 5.74) is 3.67. The number of benzene rings is 4.